The van der Waals surface area contributed by atoms with Crippen molar-refractivity contribution in [1.82, 2.24) is 0 Å². The molecule has 1 aliphatic carbocycles. The van der Waals surface area contributed by atoms with Gasteiger partial charge in [0.05, 0.1) is 10.7 Å². The molecule has 0 spiro atoms. The van der Waals surface area contributed by atoms with Gasteiger partial charge in [0.1, 0.15) is 0 Å². The highest BCUT2D eigenvalue weighted by atomic mass is 79.9. The quantitative estimate of drug-likeness (QED) is 0.686. The summed E-state index contributed by atoms with van der Waals surface area (Å²) < 4.78 is 1.20. The van der Waals surface area contributed by atoms with E-state index in [0.717, 1.165) is 23.6 Å². The summed E-state index contributed by atoms with van der Waals surface area (Å²) in [7, 11) is 0. The van der Waals surface area contributed by atoms with E-state index in [1.54, 1.807) is 6.07 Å². The van der Waals surface area contributed by atoms with Crippen LogP contribution in [0.4, 0.5) is 5.69 Å². The highest BCUT2D eigenvalue weighted by Gasteiger charge is 2.31. The summed E-state index contributed by atoms with van der Waals surface area (Å²) in [5.74, 6) is 0.612. The number of benzene rings is 2. The van der Waals surface area contributed by atoms with Gasteiger partial charge < -0.3 is 5.32 Å². The van der Waals surface area contributed by atoms with Gasteiger partial charge in [0, 0.05) is 15.5 Å². The van der Waals surface area contributed by atoms with Crippen molar-refractivity contribution in [2.75, 3.05) is 5.32 Å². The van der Waals surface area contributed by atoms with Gasteiger partial charge in [-0.05, 0) is 48.6 Å². The molecule has 1 nitrogen and oxygen atoms in total. The van der Waals surface area contributed by atoms with E-state index in [1.807, 2.05) is 18.2 Å². The fourth-order valence-corrected chi connectivity index (χ4v) is 3.58. The molecule has 0 atom stereocenters. The first-order chi connectivity index (χ1) is 9.63. The van der Waals surface area contributed by atoms with Crippen LogP contribution in [-0.2, 0) is 0 Å². The molecule has 2 aromatic rings. The highest BCUT2D eigenvalue weighted by Crippen LogP contribution is 2.42. The lowest BCUT2D eigenvalue weighted by atomic mass is 9.76. The number of anilines is 1. The van der Waals surface area contributed by atoms with Gasteiger partial charge in [-0.25, -0.2) is 0 Å². The molecule has 2 aromatic carbocycles. The maximum Gasteiger partial charge on any atom is 0.0638 e. The van der Waals surface area contributed by atoms with Crippen molar-refractivity contribution in [3.8, 4) is 0 Å². The largest absolute Gasteiger partial charge is 0.381 e. The van der Waals surface area contributed by atoms with Crippen LogP contribution in [0.15, 0.2) is 46.9 Å². The standard InChI is InChI=1S/C16H14BrCl2N/c17-14-4-2-1-3-13(14)10-7-12(8-10)20-16-9-11(18)5-6-15(16)19/h1-6,9-10,12,20H,7-8H2. The van der Waals surface area contributed by atoms with E-state index in [-0.39, 0.29) is 0 Å². The molecule has 0 bridgehead atoms. The molecule has 20 heavy (non-hydrogen) atoms. The lowest BCUT2D eigenvalue weighted by Crippen LogP contribution is -2.34. The van der Waals surface area contributed by atoms with Crippen molar-refractivity contribution in [1.29, 1.82) is 0 Å². The Labute approximate surface area is 137 Å². The predicted octanol–water partition coefficient (Wildman–Crippen LogP) is 6.11. The van der Waals surface area contributed by atoms with Crippen LogP contribution in [0.1, 0.15) is 24.3 Å². The Balaban J connectivity index is 1.64. The van der Waals surface area contributed by atoms with Gasteiger partial charge in [0.15, 0.2) is 0 Å². The minimum Gasteiger partial charge on any atom is -0.381 e. The molecule has 0 saturated heterocycles. The molecule has 0 aliphatic heterocycles. The summed E-state index contributed by atoms with van der Waals surface area (Å²) in [6, 6.07) is 14.4. The molecule has 4 heteroatoms. The smallest absolute Gasteiger partial charge is 0.0638 e. The average Bonchev–Trinajstić information content (AvgIpc) is 2.38. The number of hydrogen-bond donors (Lipinski definition) is 1. The van der Waals surface area contributed by atoms with Crippen LogP contribution < -0.4 is 5.32 Å². The molecular formula is C16H14BrCl2N. The van der Waals surface area contributed by atoms with Crippen LogP contribution in [0.5, 0.6) is 0 Å². The summed E-state index contributed by atoms with van der Waals surface area (Å²) in [5.41, 5.74) is 2.32. The third-order valence-electron chi connectivity index (χ3n) is 3.77. The van der Waals surface area contributed by atoms with E-state index in [1.165, 1.54) is 10.0 Å². The molecule has 0 aromatic heterocycles. The topological polar surface area (TPSA) is 12.0 Å². The average molecular weight is 371 g/mol. The van der Waals surface area contributed by atoms with Gasteiger partial charge in [-0.1, -0.05) is 57.3 Å². The monoisotopic (exact) mass is 369 g/mol. The molecule has 0 unspecified atom stereocenters. The van der Waals surface area contributed by atoms with Crippen LogP contribution in [0.3, 0.4) is 0 Å². The summed E-state index contributed by atoms with van der Waals surface area (Å²) in [4.78, 5) is 0. The van der Waals surface area contributed by atoms with Crippen LogP contribution in [0.2, 0.25) is 10.0 Å². The van der Waals surface area contributed by atoms with Gasteiger partial charge in [-0.2, -0.15) is 0 Å². The third-order valence-corrected chi connectivity index (χ3v) is 5.06. The zero-order chi connectivity index (χ0) is 14.1. The molecule has 3 rings (SSSR count). The SMILES string of the molecule is Clc1ccc(Cl)c(NC2CC(c3ccccc3Br)C2)c1. The normalized spacial score (nSPS) is 21.4. The molecule has 104 valence electrons. The second-order valence-electron chi connectivity index (χ2n) is 5.16. The predicted molar refractivity (Wildman–Crippen MR) is 90.0 cm³/mol. The van der Waals surface area contributed by atoms with Gasteiger partial charge >= 0.3 is 0 Å². The first kappa shape index (κ1) is 14.2. The second kappa shape index (κ2) is 5.97. The van der Waals surface area contributed by atoms with Crippen LogP contribution >= 0.6 is 39.1 Å². The summed E-state index contributed by atoms with van der Waals surface area (Å²) in [6.45, 7) is 0. The third kappa shape index (κ3) is 2.98. The molecule has 1 aliphatic rings. The molecule has 0 heterocycles. The molecular weight excluding hydrogens is 357 g/mol. The molecule has 1 N–H and O–H groups in total. The van der Waals surface area contributed by atoms with E-state index in [4.69, 9.17) is 23.2 Å². The Morgan fingerprint density at radius 1 is 1.05 bits per heavy atom. The summed E-state index contributed by atoms with van der Waals surface area (Å²) in [6.07, 6.45) is 2.23. The first-order valence-electron chi connectivity index (χ1n) is 6.59. The Bertz CT molecular complexity index is 624. The Morgan fingerprint density at radius 2 is 1.80 bits per heavy atom. The number of halogens is 3. The highest BCUT2D eigenvalue weighted by molar-refractivity contribution is 9.10. The lowest BCUT2D eigenvalue weighted by Gasteiger charge is -2.37. The number of hydrogen-bond acceptors (Lipinski definition) is 1. The molecule has 1 fully saturated rings. The van der Waals surface area contributed by atoms with E-state index < -0.39 is 0 Å². The van der Waals surface area contributed by atoms with Gasteiger partial charge in [0.2, 0.25) is 0 Å². The summed E-state index contributed by atoms with van der Waals surface area (Å²) >= 11 is 15.8. The van der Waals surface area contributed by atoms with Crippen molar-refractivity contribution in [3.63, 3.8) is 0 Å². The van der Waals surface area contributed by atoms with Crippen molar-refractivity contribution < 1.29 is 0 Å². The van der Waals surface area contributed by atoms with E-state index in [0.29, 0.717) is 17.0 Å². The minimum atomic E-state index is 0.461. The zero-order valence-electron chi connectivity index (χ0n) is 10.7. The first-order valence-corrected chi connectivity index (χ1v) is 8.14. The zero-order valence-corrected chi connectivity index (χ0v) is 13.8. The minimum absolute atomic E-state index is 0.461. The fraction of sp³-hybridized carbons (Fsp3) is 0.250. The van der Waals surface area contributed by atoms with Crippen molar-refractivity contribution in [2.45, 2.75) is 24.8 Å². The summed E-state index contributed by atoms with van der Waals surface area (Å²) in [5, 5.41) is 4.90. The molecule has 0 amide bonds. The number of rotatable bonds is 3. The van der Waals surface area contributed by atoms with Crippen molar-refractivity contribution >= 4 is 44.8 Å². The van der Waals surface area contributed by atoms with E-state index in [2.05, 4.69) is 39.4 Å². The van der Waals surface area contributed by atoms with Gasteiger partial charge in [-0.3, -0.25) is 0 Å². The van der Waals surface area contributed by atoms with Gasteiger partial charge in [0.25, 0.3) is 0 Å². The van der Waals surface area contributed by atoms with E-state index >= 15 is 0 Å². The van der Waals surface area contributed by atoms with Crippen LogP contribution in [0, 0.1) is 0 Å². The number of nitrogens with one attached hydrogen (secondary N) is 1. The van der Waals surface area contributed by atoms with Crippen molar-refractivity contribution in [2.24, 2.45) is 0 Å². The maximum atomic E-state index is 6.17. The van der Waals surface area contributed by atoms with Crippen LogP contribution in [-0.4, -0.2) is 6.04 Å². The second-order valence-corrected chi connectivity index (χ2v) is 6.85. The Kier molecular flexibility index (Phi) is 4.25. The lowest BCUT2D eigenvalue weighted by molar-refractivity contribution is 0.373. The van der Waals surface area contributed by atoms with E-state index in [9.17, 15) is 0 Å². The fourth-order valence-electron chi connectivity index (χ4n) is 2.62. The Morgan fingerprint density at radius 3 is 2.55 bits per heavy atom. The van der Waals surface area contributed by atoms with Crippen LogP contribution in [0.25, 0.3) is 0 Å². The van der Waals surface area contributed by atoms with Gasteiger partial charge in [-0.15, -0.1) is 0 Å². The maximum absolute atomic E-state index is 6.17. The molecule has 1 saturated carbocycles. The Hall–Kier alpha value is -0.700. The van der Waals surface area contributed by atoms with Crippen molar-refractivity contribution in [3.05, 3.63) is 62.5 Å². The molecule has 0 radical (unpaired) electrons.